The van der Waals surface area contributed by atoms with Gasteiger partial charge in [0.1, 0.15) is 10.6 Å². The van der Waals surface area contributed by atoms with Crippen molar-refractivity contribution in [1.29, 1.82) is 0 Å². The molecule has 0 saturated heterocycles. The molecule has 0 aliphatic carbocycles. The predicted octanol–water partition coefficient (Wildman–Crippen LogP) is -0.865. The van der Waals surface area contributed by atoms with Gasteiger partial charge in [-0.1, -0.05) is 6.07 Å². The third kappa shape index (κ3) is 4.04. The Labute approximate surface area is 163 Å². The summed E-state index contributed by atoms with van der Waals surface area (Å²) < 4.78 is 37.5. The van der Waals surface area contributed by atoms with Gasteiger partial charge in [0.15, 0.2) is 10.7 Å². The number of aromatic amines is 1. The molecule has 0 fully saturated rings. The lowest BCUT2D eigenvalue weighted by Gasteiger charge is -2.17. The molecular weight excluding hydrogens is 406 g/mol. The molecule has 0 aliphatic rings. The number of hydrogen-bond acceptors (Lipinski definition) is 9. The first-order valence-corrected chi connectivity index (χ1v) is 10.8. The summed E-state index contributed by atoms with van der Waals surface area (Å²) in [5.41, 5.74) is 6.93. The molecule has 0 saturated carbocycles. The first-order chi connectivity index (χ1) is 13.4. The third-order valence-corrected chi connectivity index (χ3v) is 6.39. The number of sulfonamides is 1. The number of hydrogen-bond donors (Lipinski definition) is 4. The number of nitrogens with two attached hydrogens (primary N) is 2. The fraction of sp³-hybridized carbons (Fsp3) is 0.200. The number of benzene rings is 1. The number of primary sulfonamides is 1. The van der Waals surface area contributed by atoms with E-state index in [4.69, 9.17) is 16.0 Å². The van der Waals surface area contributed by atoms with E-state index in [9.17, 15) is 13.0 Å². The van der Waals surface area contributed by atoms with Crippen LogP contribution in [0.3, 0.4) is 0 Å². The molecule has 0 aliphatic heterocycles. The monoisotopic (exact) mass is 423 g/mol. The summed E-state index contributed by atoms with van der Waals surface area (Å²) in [6.07, 6.45) is 1.47. The second kappa shape index (κ2) is 8.30. The summed E-state index contributed by atoms with van der Waals surface area (Å²) in [5, 5.41) is 27.9. The Morgan fingerprint density at radius 1 is 1.25 bits per heavy atom. The van der Waals surface area contributed by atoms with Crippen molar-refractivity contribution in [2.45, 2.75) is 16.4 Å². The van der Waals surface area contributed by atoms with E-state index in [1.165, 1.54) is 12.3 Å². The van der Waals surface area contributed by atoms with E-state index >= 15 is 0 Å². The normalized spacial score (nSPS) is 12.9. The second-order valence-electron chi connectivity index (χ2n) is 5.64. The zero-order valence-electron chi connectivity index (χ0n) is 14.4. The average Bonchev–Trinajstić information content (AvgIpc) is 3.21. The van der Waals surface area contributed by atoms with Crippen molar-refractivity contribution < 1.29 is 18.1 Å². The fourth-order valence-electron chi connectivity index (χ4n) is 2.66. The van der Waals surface area contributed by atoms with Crippen LogP contribution in [-0.2, 0) is 27.8 Å². The Morgan fingerprint density at radius 2 is 2.04 bits per heavy atom. The minimum atomic E-state index is -4.31. The number of H-pyrrole nitrogens is 1. The molecule has 13 heteroatoms. The van der Waals surface area contributed by atoms with Gasteiger partial charge < -0.3 is 15.4 Å². The Kier molecular flexibility index (Phi) is 6.02. The lowest BCUT2D eigenvalue weighted by atomic mass is 10.0. The SMILES string of the molecule is NCC[S+]([O-])c1ccc(-c2ccc(CO)nc2)c(-c2nnn[nH]2)c1S(N)(=O)=O. The molecule has 0 radical (unpaired) electrons. The van der Waals surface area contributed by atoms with Crippen LogP contribution in [0.4, 0.5) is 0 Å². The van der Waals surface area contributed by atoms with E-state index < -0.39 is 21.2 Å². The van der Waals surface area contributed by atoms with Crippen molar-refractivity contribution in [3.8, 4) is 22.5 Å². The van der Waals surface area contributed by atoms with Crippen LogP contribution in [0.15, 0.2) is 40.3 Å². The van der Waals surface area contributed by atoms with Crippen molar-refractivity contribution in [3.05, 3.63) is 36.2 Å². The summed E-state index contributed by atoms with van der Waals surface area (Å²) in [6, 6.07) is 6.26. The van der Waals surface area contributed by atoms with Gasteiger partial charge in [0.05, 0.1) is 17.9 Å². The van der Waals surface area contributed by atoms with Crippen LogP contribution in [0.2, 0.25) is 0 Å². The van der Waals surface area contributed by atoms with Crippen molar-refractivity contribution in [2.24, 2.45) is 10.9 Å². The maximum Gasteiger partial charge on any atom is 0.243 e. The van der Waals surface area contributed by atoms with Crippen LogP contribution in [0.1, 0.15) is 5.69 Å². The van der Waals surface area contributed by atoms with E-state index in [1.807, 2.05) is 0 Å². The fourth-order valence-corrected chi connectivity index (χ4v) is 5.09. The molecule has 3 aromatic rings. The lowest BCUT2D eigenvalue weighted by molar-refractivity contribution is 0.277. The minimum Gasteiger partial charge on any atom is -0.611 e. The zero-order chi connectivity index (χ0) is 20.3. The maximum absolute atomic E-state index is 12.6. The smallest absolute Gasteiger partial charge is 0.243 e. The van der Waals surface area contributed by atoms with Gasteiger partial charge in [-0.3, -0.25) is 4.98 Å². The van der Waals surface area contributed by atoms with E-state index in [-0.39, 0.29) is 40.1 Å². The Morgan fingerprint density at radius 3 is 2.57 bits per heavy atom. The number of nitrogens with zero attached hydrogens (tertiary/aromatic N) is 4. The standard InChI is InChI=1S/C15H17N7O4S2/c16-5-6-27(24)12-4-3-11(9-1-2-10(8-23)18-7-9)13(14(12)28(17,25)26)15-19-21-22-20-15/h1-4,7,23H,5-6,8,16H2,(H2,17,25,26)(H,19,20,21,22). The van der Waals surface area contributed by atoms with E-state index in [0.29, 0.717) is 16.8 Å². The average molecular weight is 423 g/mol. The van der Waals surface area contributed by atoms with Gasteiger partial charge in [-0.2, -0.15) is 0 Å². The summed E-state index contributed by atoms with van der Waals surface area (Å²) in [6.45, 7) is -0.136. The van der Waals surface area contributed by atoms with Crippen LogP contribution in [0.5, 0.6) is 0 Å². The van der Waals surface area contributed by atoms with E-state index in [2.05, 4.69) is 25.6 Å². The number of tetrazole rings is 1. The molecular formula is C15H17N7O4S2. The molecule has 3 rings (SSSR count). The van der Waals surface area contributed by atoms with Crippen LogP contribution in [-0.4, -0.2) is 56.0 Å². The molecule has 1 unspecified atom stereocenters. The molecule has 1 aromatic carbocycles. The molecule has 2 aromatic heterocycles. The van der Waals surface area contributed by atoms with Gasteiger partial charge >= 0.3 is 0 Å². The predicted molar refractivity (Wildman–Crippen MR) is 100 cm³/mol. The highest BCUT2D eigenvalue weighted by molar-refractivity contribution is 7.93. The largest absolute Gasteiger partial charge is 0.611 e. The highest BCUT2D eigenvalue weighted by atomic mass is 32.2. The second-order valence-corrected chi connectivity index (χ2v) is 8.68. The first-order valence-electron chi connectivity index (χ1n) is 7.95. The van der Waals surface area contributed by atoms with E-state index in [1.54, 1.807) is 18.2 Å². The third-order valence-electron chi connectivity index (χ3n) is 3.83. The van der Waals surface area contributed by atoms with Gasteiger partial charge in [0.2, 0.25) is 10.0 Å². The number of rotatable bonds is 7. The van der Waals surface area contributed by atoms with Crippen LogP contribution in [0, 0.1) is 0 Å². The van der Waals surface area contributed by atoms with Crippen molar-refractivity contribution in [3.63, 3.8) is 0 Å². The summed E-state index contributed by atoms with van der Waals surface area (Å²) >= 11 is -1.70. The highest BCUT2D eigenvalue weighted by Gasteiger charge is 2.31. The molecule has 11 nitrogen and oxygen atoms in total. The molecule has 0 spiro atoms. The molecule has 2 heterocycles. The van der Waals surface area contributed by atoms with Crippen molar-refractivity contribution >= 4 is 21.2 Å². The molecule has 1 atom stereocenters. The minimum absolute atomic E-state index is 0.0167. The molecule has 6 N–H and O–H groups in total. The van der Waals surface area contributed by atoms with Gasteiger partial charge in [0, 0.05) is 18.3 Å². The number of aliphatic hydroxyl groups excluding tert-OH is 1. The first kappa shape index (κ1) is 20.3. The zero-order valence-corrected chi connectivity index (χ0v) is 16.1. The van der Waals surface area contributed by atoms with E-state index in [0.717, 1.165) is 0 Å². The summed E-state index contributed by atoms with van der Waals surface area (Å²) in [7, 11) is -4.31. The number of aromatic nitrogens is 5. The van der Waals surface area contributed by atoms with Crippen molar-refractivity contribution in [1.82, 2.24) is 25.6 Å². The van der Waals surface area contributed by atoms with Crippen LogP contribution >= 0.6 is 0 Å². The number of pyridine rings is 1. The Bertz CT molecular complexity index is 1060. The maximum atomic E-state index is 12.6. The quantitative estimate of drug-likeness (QED) is 0.349. The van der Waals surface area contributed by atoms with Gasteiger partial charge in [-0.25, -0.2) is 18.7 Å². The highest BCUT2D eigenvalue weighted by Crippen LogP contribution is 2.38. The summed E-state index contributed by atoms with van der Waals surface area (Å²) in [4.78, 5) is 3.78. The van der Waals surface area contributed by atoms with Crippen LogP contribution in [0.25, 0.3) is 22.5 Å². The molecule has 0 bridgehead atoms. The summed E-state index contributed by atoms with van der Waals surface area (Å²) in [5.74, 6) is 0.0970. The van der Waals surface area contributed by atoms with Gasteiger partial charge in [-0.15, -0.1) is 5.10 Å². The number of aliphatic hydroxyl groups is 1. The molecule has 28 heavy (non-hydrogen) atoms. The molecule has 0 amide bonds. The Balaban J connectivity index is 2.34. The molecule has 148 valence electrons. The van der Waals surface area contributed by atoms with Gasteiger partial charge in [-0.05, 0) is 45.4 Å². The lowest BCUT2D eigenvalue weighted by Crippen LogP contribution is -2.22. The topological polar surface area (TPSA) is 197 Å². The number of nitrogens with one attached hydrogen (secondary N) is 1. The Hall–Kier alpha value is -2.42. The van der Waals surface area contributed by atoms with Crippen molar-refractivity contribution in [2.75, 3.05) is 12.3 Å². The van der Waals surface area contributed by atoms with Gasteiger partial charge in [0.25, 0.3) is 0 Å². The van der Waals surface area contributed by atoms with Crippen LogP contribution < -0.4 is 10.9 Å².